The molecular weight excluding hydrogens is 116 g/mol. The highest BCUT2D eigenvalue weighted by atomic mass is 16.5. The molecule has 0 spiro atoms. The van der Waals surface area contributed by atoms with Crippen LogP contribution in [0.4, 0.5) is 0 Å². The van der Waals surface area contributed by atoms with Gasteiger partial charge < -0.3 is 4.74 Å². The summed E-state index contributed by atoms with van der Waals surface area (Å²) in [6.45, 7) is 1.61. The number of hydrogen-bond donors (Lipinski definition) is 1. The second-order valence-corrected chi connectivity index (χ2v) is 2.40. The number of aliphatic imine (C=N–C) groups is 1. The van der Waals surface area contributed by atoms with Crippen molar-refractivity contribution in [3.05, 3.63) is 0 Å². The van der Waals surface area contributed by atoms with Crippen molar-refractivity contribution in [1.29, 1.82) is 0 Å². The van der Waals surface area contributed by atoms with Crippen LogP contribution in [0.3, 0.4) is 0 Å². The predicted molar refractivity (Wildman–Crippen MR) is 34.4 cm³/mol. The standard InChI is InChI=1S/C6H10N2O/c1-2-5-6(9-3-1)8-4-7-5/h5,7H,1-4H2. The molecule has 0 aliphatic carbocycles. The molecule has 0 amide bonds. The van der Waals surface area contributed by atoms with Crippen LogP contribution in [0.25, 0.3) is 0 Å². The third-order valence-corrected chi connectivity index (χ3v) is 1.76. The Bertz CT molecular complexity index is 144. The SMILES string of the molecule is C1COC2=NCNC2C1. The summed E-state index contributed by atoms with van der Waals surface area (Å²) in [6, 6.07) is 0.443. The molecule has 3 heteroatoms. The van der Waals surface area contributed by atoms with Crippen LogP contribution in [-0.2, 0) is 4.74 Å². The van der Waals surface area contributed by atoms with E-state index in [9.17, 15) is 0 Å². The lowest BCUT2D eigenvalue weighted by Crippen LogP contribution is -2.35. The van der Waals surface area contributed by atoms with Gasteiger partial charge in [-0.1, -0.05) is 0 Å². The topological polar surface area (TPSA) is 33.6 Å². The summed E-state index contributed by atoms with van der Waals surface area (Å²) in [5, 5.41) is 3.23. The third kappa shape index (κ3) is 0.812. The molecule has 9 heavy (non-hydrogen) atoms. The van der Waals surface area contributed by atoms with E-state index < -0.39 is 0 Å². The van der Waals surface area contributed by atoms with Crippen LogP contribution in [0, 0.1) is 0 Å². The first-order chi connectivity index (χ1) is 4.47. The van der Waals surface area contributed by atoms with Crippen LogP contribution in [0.5, 0.6) is 0 Å². The Morgan fingerprint density at radius 2 is 2.67 bits per heavy atom. The highest BCUT2D eigenvalue weighted by Crippen LogP contribution is 2.11. The van der Waals surface area contributed by atoms with Gasteiger partial charge in [0, 0.05) is 0 Å². The molecule has 0 bridgehead atoms. The fourth-order valence-electron chi connectivity index (χ4n) is 1.27. The first kappa shape index (κ1) is 5.23. The molecule has 0 aromatic rings. The summed E-state index contributed by atoms with van der Waals surface area (Å²) in [7, 11) is 0. The lowest BCUT2D eigenvalue weighted by atomic mass is 10.1. The average Bonchev–Trinajstić information content (AvgIpc) is 2.33. The van der Waals surface area contributed by atoms with Gasteiger partial charge in [0.15, 0.2) is 0 Å². The molecule has 2 rings (SSSR count). The number of nitrogens with zero attached hydrogens (tertiary/aromatic N) is 1. The lowest BCUT2D eigenvalue weighted by molar-refractivity contribution is 0.248. The van der Waals surface area contributed by atoms with Crippen LogP contribution in [-0.4, -0.2) is 25.2 Å². The molecular formula is C6H10N2O. The zero-order valence-electron chi connectivity index (χ0n) is 5.26. The van der Waals surface area contributed by atoms with Crippen LogP contribution in [0.1, 0.15) is 12.8 Å². The molecule has 0 saturated carbocycles. The molecule has 2 heterocycles. The zero-order valence-corrected chi connectivity index (χ0v) is 5.26. The molecule has 1 saturated heterocycles. The molecule has 1 N–H and O–H groups in total. The average molecular weight is 126 g/mol. The summed E-state index contributed by atoms with van der Waals surface area (Å²) in [5.74, 6) is 0.932. The Hall–Kier alpha value is -0.570. The molecule has 1 unspecified atom stereocenters. The Morgan fingerprint density at radius 1 is 1.67 bits per heavy atom. The van der Waals surface area contributed by atoms with E-state index in [0.717, 1.165) is 25.6 Å². The van der Waals surface area contributed by atoms with Crippen molar-refractivity contribution in [2.75, 3.05) is 13.3 Å². The van der Waals surface area contributed by atoms with Gasteiger partial charge in [-0.3, -0.25) is 5.32 Å². The third-order valence-electron chi connectivity index (χ3n) is 1.76. The van der Waals surface area contributed by atoms with E-state index in [1.54, 1.807) is 0 Å². The van der Waals surface area contributed by atoms with E-state index in [2.05, 4.69) is 10.3 Å². The number of ether oxygens (including phenoxy) is 1. The lowest BCUT2D eigenvalue weighted by Gasteiger charge is -2.19. The van der Waals surface area contributed by atoms with Crippen molar-refractivity contribution in [2.45, 2.75) is 18.9 Å². The fraction of sp³-hybridized carbons (Fsp3) is 0.833. The molecule has 0 radical (unpaired) electrons. The Balaban J connectivity index is 2.09. The van der Waals surface area contributed by atoms with Crippen LogP contribution < -0.4 is 5.32 Å². The first-order valence-corrected chi connectivity index (χ1v) is 3.37. The minimum absolute atomic E-state index is 0.443. The van der Waals surface area contributed by atoms with E-state index in [0.29, 0.717) is 6.04 Å². The largest absolute Gasteiger partial charge is 0.480 e. The van der Waals surface area contributed by atoms with E-state index in [1.807, 2.05) is 0 Å². The second-order valence-electron chi connectivity index (χ2n) is 2.40. The quantitative estimate of drug-likeness (QED) is 0.500. The van der Waals surface area contributed by atoms with Gasteiger partial charge in [-0.25, -0.2) is 4.99 Å². The monoisotopic (exact) mass is 126 g/mol. The van der Waals surface area contributed by atoms with Crippen LogP contribution in [0.2, 0.25) is 0 Å². The summed E-state index contributed by atoms with van der Waals surface area (Å²) in [6.07, 6.45) is 2.36. The summed E-state index contributed by atoms with van der Waals surface area (Å²) in [4.78, 5) is 4.14. The van der Waals surface area contributed by atoms with Gasteiger partial charge in [-0.2, -0.15) is 0 Å². The Kier molecular flexibility index (Phi) is 1.16. The van der Waals surface area contributed by atoms with Crippen molar-refractivity contribution in [3.8, 4) is 0 Å². The van der Waals surface area contributed by atoms with Gasteiger partial charge in [-0.15, -0.1) is 0 Å². The number of hydrogen-bond acceptors (Lipinski definition) is 3. The molecule has 1 fully saturated rings. The summed E-state index contributed by atoms with van der Waals surface area (Å²) < 4.78 is 5.29. The highest BCUT2D eigenvalue weighted by molar-refractivity contribution is 5.83. The zero-order chi connectivity index (χ0) is 6.10. The van der Waals surface area contributed by atoms with E-state index in [1.165, 1.54) is 6.42 Å². The Labute approximate surface area is 54.1 Å². The molecule has 3 nitrogen and oxygen atoms in total. The van der Waals surface area contributed by atoms with Crippen molar-refractivity contribution in [2.24, 2.45) is 4.99 Å². The molecule has 0 aromatic carbocycles. The molecule has 0 aromatic heterocycles. The number of nitrogens with one attached hydrogen (secondary N) is 1. The maximum absolute atomic E-state index is 5.29. The molecule has 1 atom stereocenters. The normalized spacial score (nSPS) is 32.9. The number of fused-ring (bicyclic) bond motifs is 1. The Morgan fingerprint density at radius 3 is 3.56 bits per heavy atom. The van der Waals surface area contributed by atoms with Gasteiger partial charge in [-0.05, 0) is 12.8 Å². The van der Waals surface area contributed by atoms with E-state index in [-0.39, 0.29) is 0 Å². The maximum Gasteiger partial charge on any atom is 0.202 e. The summed E-state index contributed by atoms with van der Waals surface area (Å²) in [5.41, 5.74) is 0. The second kappa shape index (κ2) is 1.99. The van der Waals surface area contributed by atoms with Gasteiger partial charge in [0.05, 0.1) is 19.3 Å². The van der Waals surface area contributed by atoms with Crippen molar-refractivity contribution in [1.82, 2.24) is 5.32 Å². The first-order valence-electron chi connectivity index (χ1n) is 3.37. The minimum atomic E-state index is 0.443. The predicted octanol–water partition coefficient (Wildman–Crippen LogP) is 0.125. The van der Waals surface area contributed by atoms with Crippen LogP contribution in [0.15, 0.2) is 4.99 Å². The van der Waals surface area contributed by atoms with Gasteiger partial charge in [0.25, 0.3) is 0 Å². The van der Waals surface area contributed by atoms with E-state index >= 15 is 0 Å². The van der Waals surface area contributed by atoms with Gasteiger partial charge in [0.1, 0.15) is 0 Å². The minimum Gasteiger partial charge on any atom is -0.480 e. The maximum atomic E-state index is 5.29. The van der Waals surface area contributed by atoms with E-state index in [4.69, 9.17) is 4.74 Å². The fourth-order valence-corrected chi connectivity index (χ4v) is 1.27. The molecule has 2 aliphatic rings. The highest BCUT2D eigenvalue weighted by Gasteiger charge is 2.24. The molecule has 2 aliphatic heterocycles. The smallest absolute Gasteiger partial charge is 0.202 e. The van der Waals surface area contributed by atoms with Crippen molar-refractivity contribution >= 4 is 5.90 Å². The van der Waals surface area contributed by atoms with Crippen LogP contribution >= 0.6 is 0 Å². The summed E-state index contributed by atoms with van der Waals surface area (Å²) >= 11 is 0. The van der Waals surface area contributed by atoms with Gasteiger partial charge in [0.2, 0.25) is 5.90 Å². The number of rotatable bonds is 0. The molecule has 50 valence electrons. The van der Waals surface area contributed by atoms with Crippen molar-refractivity contribution < 1.29 is 4.74 Å². The van der Waals surface area contributed by atoms with Crippen molar-refractivity contribution in [3.63, 3.8) is 0 Å². The van der Waals surface area contributed by atoms with Gasteiger partial charge >= 0.3 is 0 Å².